The van der Waals surface area contributed by atoms with Gasteiger partial charge in [0.15, 0.2) is 6.29 Å². The lowest BCUT2D eigenvalue weighted by molar-refractivity contribution is -0.302. The van der Waals surface area contributed by atoms with Gasteiger partial charge in [0, 0.05) is 6.42 Å². The Kier molecular flexibility index (Phi) is 29.2. The van der Waals surface area contributed by atoms with Crippen LogP contribution >= 0.6 is 0 Å². The van der Waals surface area contributed by atoms with Crippen LogP contribution in [0.15, 0.2) is 0 Å². The van der Waals surface area contributed by atoms with E-state index in [1.807, 2.05) is 0 Å². The van der Waals surface area contributed by atoms with Gasteiger partial charge in [-0.1, -0.05) is 168 Å². The SMILES string of the molecule is CCCCCCCCCCCCCCCCCC(=O)NC(COC1OC(CO)C(O)C(O)C1O)C(O)CCCCCCCCCCCC. The van der Waals surface area contributed by atoms with Crippen LogP contribution in [0.5, 0.6) is 0 Å². The molecule has 7 atom stereocenters. The highest BCUT2D eigenvalue weighted by Crippen LogP contribution is 2.23. The van der Waals surface area contributed by atoms with Crippen molar-refractivity contribution in [2.75, 3.05) is 13.2 Å². The van der Waals surface area contributed by atoms with Crippen molar-refractivity contribution in [3.05, 3.63) is 0 Å². The maximum Gasteiger partial charge on any atom is 0.220 e. The molecule has 0 aliphatic carbocycles. The van der Waals surface area contributed by atoms with Gasteiger partial charge in [0.05, 0.1) is 25.4 Å². The lowest BCUT2D eigenvalue weighted by atomic mass is 9.99. The zero-order valence-corrected chi connectivity index (χ0v) is 31.0. The summed E-state index contributed by atoms with van der Waals surface area (Å²) in [7, 11) is 0. The topological polar surface area (TPSA) is 149 Å². The Morgan fingerprint density at radius 3 is 1.48 bits per heavy atom. The first-order valence-electron chi connectivity index (χ1n) is 20.2. The van der Waals surface area contributed by atoms with Crippen LogP contribution in [0.4, 0.5) is 0 Å². The molecule has 1 heterocycles. The van der Waals surface area contributed by atoms with Crippen LogP contribution in [0, 0.1) is 0 Å². The monoisotopic (exact) mass is 688 g/mol. The summed E-state index contributed by atoms with van der Waals surface area (Å²) in [6.45, 7) is 3.81. The fraction of sp³-hybridized carbons (Fsp3) is 0.974. The van der Waals surface area contributed by atoms with Crippen molar-refractivity contribution in [1.29, 1.82) is 0 Å². The Morgan fingerprint density at radius 2 is 1.04 bits per heavy atom. The van der Waals surface area contributed by atoms with Crippen molar-refractivity contribution in [2.45, 2.75) is 230 Å². The van der Waals surface area contributed by atoms with E-state index in [4.69, 9.17) is 9.47 Å². The second-order valence-electron chi connectivity index (χ2n) is 14.4. The molecule has 1 fully saturated rings. The summed E-state index contributed by atoms with van der Waals surface area (Å²) in [6.07, 6.45) is 23.9. The van der Waals surface area contributed by atoms with Gasteiger partial charge >= 0.3 is 0 Å². The molecular weight excluding hydrogens is 610 g/mol. The van der Waals surface area contributed by atoms with E-state index in [0.717, 1.165) is 38.5 Å². The van der Waals surface area contributed by atoms with Gasteiger partial charge in [-0.25, -0.2) is 0 Å². The van der Waals surface area contributed by atoms with E-state index < -0.39 is 49.5 Å². The molecule has 0 aromatic rings. The molecular formula is C39H77NO8. The first-order chi connectivity index (χ1) is 23.3. The summed E-state index contributed by atoms with van der Waals surface area (Å²) in [6, 6.07) is -0.709. The van der Waals surface area contributed by atoms with Crippen LogP contribution < -0.4 is 5.32 Å². The number of aliphatic hydroxyl groups is 5. The number of hydrogen-bond acceptors (Lipinski definition) is 8. The molecule has 0 aromatic heterocycles. The first kappa shape index (κ1) is 45.2. The maximum absolute atomic E-state index is 12.9. The standard InChI is InChI=1S/C39H77NO8/c1-3-5-7-9-11-13-15-16-17-18-19-21-23-25-27-29-35(43)40-32(31-47-39-38(46)37(45)36(44)34(30-41)48-39)33(42)28-26-24-22-20-14-12-10-8-6-4-2/h32-34,36-39,41-42,44-46H,3-31H2,1-2H3,(H,40,43). The number of carbonyl (C=O) groups is 1. The van der Waals surface area contributed by atoms with E-state index in [1.165, 1.54) is 122 Å². The molecule has 0 radical (unpaired) electrons. The summed E-state index contributed by atoms with van der Waals surface area (Å²) < 4.78 is 11.2. The van der Waals surface area contributed by atoms with Crippen LogP contribution in [0.2, 0.25) is 0 Å². The van der Waals surface area contributed by atoms with Gasteiger partial charge in [0.25, 0.3) is 0 Å². The van der Waals surface area contributed by atoms with Crippen LogP contribution in [-0.2, 0) is 14.3 Å². The van der Waals surface area contributed by atoms with Crippen molar-refractivity contribution < 1.29 is 39.8 Å². The summed E-state index contributed by atoms with van der Waals surface area (Å²) in [5.74, 6) is -0.144. The number of unbranched alkanes of at least 4 members (excludes halogenated alkanes) is 23. The summed E-state index contributed by atoms with van der Waals surface area (Å²) in [5.41, 5.74) is 0. The van der Waals surface area contributed by atoms with E-state index in [2.05, 4.69) is 19.2 Å². The Labute approximate surface area is 294 Å². The quantitative estimate of drug-likeness (QED) is 0.0396. The predicted octanol–water partition coefficient (Wildman–Crippen LogP) is 7.22. The van der Waals surface area contributed by atoms with Gasteiger partial charge in [-0.15, -0.1) is 0 Å². The largest absolute Gasteiger partial charge is 0.394 e. The average Bonchev–Trinajstić information content (AvgIpc) is 3.08. The lowest BCUT2D eigenvalue weighted by Gasteiger charge is -2.40. The van der Waals surface area contributed by atoms with E-state index >= 15 is 0 Å². The second-order valence-corrected chi connectivity index (χ2v) is 14.4. The van der Waals surface area contributed by atoms with Gasteiger partial charge in [-0.3, -0.25) is 4.79 Å². The molecule has 0 aromatic carbocycles. The molecule has 1 rings (SSSR count). The maximum atomic E-state index is 12.9. The Morgan fingerprint density at radius 1 is 0.625 bits per heavy atom. The number of rotatable bonds is 33. The molecule has 286 valence electrons. The van der Waals surface area contributed by atoms with Gasteiger partial charge in [0.1, 0.15) is 24.4 Å². The molecule has 9 heteroatoms. The third kappa shape index (κ3) is 22.1. The molecule has 1 amide bonds. The fourth-order valence-electron chi connectivity index (χ4n) is 6.63. The third-order valence-electron chi connectivity index (χ3n) is 9.96. The number of nitrogens with one attached hydrogen (secondary N) is 1. The Bertz CT molecular complexity index is 726. The van der Waals surface area contributed by atoms with Gasteiger partial charge in [0.2, 0.25) is 5.91 Å². The minimum atomic E-state index is -1.55. The van der Waals surface area contributed by atoms with Crippen molar-refractivity contribution in [2.24, 2.45) is 0 Å². The lowest BCUT2D eigenvalue weighted by Crippen LogP contribution is -2.60. The normalized spacial score (nSPS) is 22.5. The highest BCUT2D eigenvalue weighted by molar-refractivity contribution is 5.76. The van der Waals surface area contributed by atoms with Crippen molar-refractivity contribution in [1.82, 2.24) is 5.32 Å². The minimum absolute atomic E-state index is 0.133. The van der Waals surface area contributed by atoms with E-state index in [0.29, 0.717) is 12.8 Å². The number of hydrogen-bond donors (Lipinski definition) is 6. The molecule has 9 nitrogen and oxygen atoms in total. The fourth-order valence-corrected chi connectivity index (χ4v) is 6.63. The zero-order chi connectivity index (χ0) is 35.2. The molecule has 1 aliphatic heterocycles. The minimum Gasteiger partial charge on any atom is -0.394 e. The van der Waals surface area contributed by atoms with E-state index in [1.54, 1.807) is 0 Å². The van der Waals surface area contributed by atoms with Gasteiger partial charge in [-0.05, 0) is 12.8 Å². The second kappa shape index (κ2) is 31.0. The highest BCUT2D eigenvalue weighted by Gasteiger charge is 2.44. The van der Waals surface area contributed by atoms with Crippen LogP contribution in [0.25, 0.3) is 0 Å². The van der Waals surface area contributed by atoms with Gasteiger partial charge in [-0.2, -0.15) is 0 Å². The van der Waals surface area contributed by atoms with Gasteiger partial charge < -0.3 is 40.3 Å². The molecule has 1 saturated heterocycles. The van der Waals surface area contributed by atoms with Crippen LogP contribution in [0.3, 0.4) is 0 Å². The first-order valence-corrected chi connectivity index (χ1v) is 20.2. The van der Waals surface area contributed by atoms with E-state index in [9.17, 15) is 30.3 Å². The number of aliphatic hydroxyl groups excluding tert-OH is 5. The molecule has 0 saturated carbocycles. The number of carbonyl (C=O) groups excluding carboxylic acids is 1. The van der Waals surface area contributed by atoms with Crippen molar-refractivity contribution in [3.8, 4) is 0 Å². The molecule has 6 N–H and O–H groups in total. The summed E-state index contributed by atoms with van der Waals surface area (Å²) in [5, 5.41) is 54.0. The van der Waals surface area contributed by atoms with Crippen LogP contribution in [0.1, 0.15) is 187 Å². The predicted molar refractivity (Wildman–Crippen MR) is 194 cm³/mol. The Hall–Kier alpha value is -0.810. The summed E-state index contributed by atoms with van der Waals surface area (Å²) >= 11 is 0. The average molecular weight is 688 g/mol. The zero-order valence-electron chi connectivity index (χ0n) is 31.0. The van der Waals surface area contributed by atoms with Crippen molar-refractivity contribution >= 4 is 5.91 Å². The third-order valence-corrected chi connectivity index (χ3v) is 9.96. The molecule has 7 unspecified atom stereocenters. The number of ether oxygens (including phenoxy) is 2. The highest BCUT2D eigenvalue weighted by atomic mass is 16.7. The molecule has 0 spiro atoms. The van der Waals surface area contributed by atoms with E-state index in [-0.39, 0.29) is 12.5 Å². The van der Waals surface area contributed by atoms with Crippen molar-refractivity contribution in [3.63, 3.8) is 0 Å². The van der Waals surface area contributed by atoms with Crippen LogP contribution in [-0.4, -0.2) is 87.5 Å². The summed E-state index contributed by atoms with van der Waals surface area (Å²) in [4.78, 5) is 12.9. The molecule has 48 heavy (non-hydrogen) atoms. The molecule has 0 bridgehead atoms. The Balaban J connectivity index is 2.37. The molecule has 1 aliphatic rings. The number of amides is 1. The smallest absolute Gasteiger partial charge is 0.220 e.